The largest absolute Gasteiger partial charge is 0.220 e. The molecule has 0 N–H and O–H groups in total. The van der Waals surface area contributed by atoms with Gasteiger partial charge in [-0.15, -0.1) is 0 Å². The van der Waals surface area contributed by atoms with Crippen molar-refractivity contribution in [1.29, 1.82) is 0 Å². The Morgan fingerprint density at radius 3 is 2.42 bits per heavy atom. The highest BCUT2D eigenvalue weighted by molar-refractivity contribution is 5.94. The molecule has 2 aromatic carbocycles. The Labute approximate surface area is 157 Å². The highest BCUT2D eigenvalue weighted by Gasteiger charge is 2.21. The topological polar surface area (TPSA) is 3.88 Å². The third-order valence-electron chi connectivity index (χ3n) is 5.63. The van der Waals surface area contributed by atoms with Gasteiger partial charge in [0.05, 0.1) is 5.39 Å². The molecule has 0 aliphatic heterocycles. The second kappa shape index (κ2) is 6.23. The molecule has 0 amide bonds. The molecule has 0 radical (unpaired) electrons. The van der Waals surface area contributed by atoms with Crippen molar-refractivity contribution in [3.8, 4) is 11.3 Å². The zero-order chi connectivity index (χ0) is 18.5. The van der Waals surface area contributed by atoms with Gasteiger partial charge in [0.1, 0.15) is 7.05 Å². The molecule has 0 saturated heterocycles. The first-order valence-electron chi connectivity index (χ1n) is 9.86. The SMILES string of the molecule is Cc1cc2c(cc1-c1c3ccc(CC(C)(C)C)cc3cc[n+]1C)CCC2. The van der Waals surface area contributed by atoms with E-state index in [1.54, 1.807) is 11.1 Å². The Morgan fingerprint density at radius 1 is 0.962 bits per heavy atom. The second-order valence-electron chi connectivity index (χ2n) is 9.22. The van der Waals surface area contributed by atoms with Crippen LogP contribution >= 0.6 is 0 Å². The molecule has 0 bridgehead atoms. The van der Waals surface area contributed by atoms with Crippen molar-refractivity contribution >= 4 is 10.8 Å². The fraction of sp³-hybridized carbons (Fsp3) is 0.400. The summed E-state index contributed by atoms with van der Waals surface area (Å²) in [5, 5.41) is 2.70. The smallest absolute Gasteiger partial charge is 0.200 e. The van der Waals surface area contributed by atoms with E-state index < -0.39 is 0 Å². The molecule has 0 unspecified atom stereocenters. The minimum absolute atomic E-state index is 0.312. The number of rotatable bonds is 2. The van der Waals surface area contributed by atoms with E-state index in [1.165, 1.54) is 52.4 Å². The third-order valence-corrected chi connectivity index (χ3v) is 5.63. The van der Waals surface area contributed by atoms with Crippen LogP contribution in [-0.2, 0) is 26.3 Å². The molecule has 0 fully saturated rings. The van der Waals surface area contributed by atoms with Crippen LogP contribution in [0.15, 0.2) is 42.6 Å². The highest BCUT2D eigenvalue weighted by Crippen LogP contribution is 2.34. The van der Waals surface area contributed by atoms with Gasteiger partial charge in [-0.25, -0.2) is 4.57 Å². The summed E-state index contributed by atoms with van der Waals surface area (Å²) in [6.45, 7) is 9.19. The van der Waals surface area contributed by atoms with E-state index in [4.69, 9.17) is 0 Å². The Morgan fingerprint density at radius 2 is 1.69 bits per heavy atom. The van der Waals surface area contributed by atoms with Gasteiger partial charge in [-0.05, 0) is 77.8 Å². The van der Waals surface area contributed by atoms with E-state index in [0.717, 1.165) is 6.42 Å². The van der Waals surface area contributed by atoms with Crippen LogP contribution in [0, 0.1) is 12.3 Å². The van der Waals surface area contributed by atoms with Gasteiger partial charge in [-0.1, -0.05) is 39.0 Å². The van der Waals surface area contributed by atoms with Gasteiger partial charge in [0, 0.05) is 11.6 Å². The quantitative estimate of drug-likeness (QED) is 0.524. The number of hydrogen-bond acceptors (Lipinski definition) is 0. The van der Waals surface area contributed by atoms with Crippen LogP contribution in [0.3, 0.4) is 0 Å². The van der Waals surface area contributed by atoms with Crippen LogP contribution in [0.1, 0.15) is 49.4 Å². The van der Waals surface area contributed by atoms with E-state index in [0.29, 0.717) is 5.41 Å². The lowest BCUT2D eigenvalue weighted by atomic mass is 9.87. The van der Waals surface area contributed by atoms with Crippen molar-refractivity contribution < 1.29 is 4.57 Å². The number of aryl methyl sites for hydroxylation is 4. The molecule has 1 aliphatic carbocycles. The number of pyridine rings is 1. The van der Waals surface area contributed by atoms with Crippen LogP contribution in [-0.4, -0.2) is 0 Å². The highest BCUT2D eigenvalue weighted by atomic mass is 14.9. The summed E-state index contributed by atoms with van der Waals surface area (Å²) < 4.78 is 2.29. The van der Waals surface area contributed by atoms with E-state index >= 15 is 0 Å². The minimum Gasteiger partial charge on any atom is -0.200 e. The summed E-state index contributed by atoms with van der Waals surface area (Å²) in [7, 11) is 2.17. The molecular formula is C25H30N+. The molecule has 26 heavy (non-hydrogen) atoms. The van der Waals surface area contributed by atoms with Crippen LogP contribution < -0.4 is 4.57 Å². The molecule has 1 aromatic heterocycles. The maximum absolute atomic E-state index is 2.45. The predicted octanol–water partition coefficient (Wildman–Crippen LogP) is 5.72. The van der Waals surface area contributed by atoms with Crippen molar-refractivity contribution in [2.45, 2.75) is 53.4 Å². The lowest BCUT2D eigenvalue weighted by molar-refractivity contribution is -0.659. The first kappa shape index (κ1) is 17.3. The standard InChI is InChI=1S/C25H30N/c1-17-13-19-7-6-8-20(19)15-23(17)24-22-10-9-18(16-25(2,3)4)14-21(22)11-12-26(24)5/h9-15H,6-8,16H2,1-5H3/q+1. The lowest BCUT2D eigenvalue weighted by Gasteiger charge is -2.18. The van der Waals surface area contributed by atoms with Crippen molar-refractivity contribution in [3.63, 3.8) is 0 Å². The van der Waals surface area contributed by atoms with Crippen molar-refractivity contribution in [3.05, 3.63) is 64.8 Å². The summed E-state index contributed by atoms with van der Waals surface area (Å²) in [6, 6.07) is 14.2. The molecule has 4 rings (SSSR count). The molecular weight excluding hydrogens is 314 g/mol. The van der Waals surface area contributed by atoms with Gasteiger partial charge in [-0.2, -0.15) is 0 Å². The van der Waals surface area contributed by atoms with Crippen LogP contribution in [0.25, 0.3) is 22.0 Å². The molecule has 0 spiro atoms. The van der Waals surface area contributed by atoms with Gasteiger partial charge in [-0.3, -0.25) is 0 Å². The third kappa shape index (κ3) is 3.16. The monoisotopic (exact) mass is 344 g/mol. The van der Waals surface area contributed by atoms with E-state index in [-0.39, 0.29) is 0 Å². The predicted molar refractivity (Wildman–Crippen MR) is 110 cm³/mol. The van der Waals surface area contributed by atoms with Crippen LogP contribution in [0.2, 0.25) is 0 Å². The Balaban J connectivity index is 1.89. The van der Waals surface area contributed by atoms with E-state index in [1.807, 2.05) is 0 Å². The molecule has 1 heterocycles. The number of nitrogens with zero attached hydrogens (tertiary/aromatic N) is 1. The Hall–Kier alpha value is -2.15. The zero-order valence-electron chi connectivity index (χ0n) is 16.8. The average molecular weight is 345 g/mol. The summed E-state index contributed by atoms with van der Waals surface area (Å²) in [4.78, 5) is 0. The summed E-state index contributed by atoms with van der Waals surface area (Å²) in [6.07, 6.45) is 7.10. The summed E-state index contributed by atoms with van der Waals surface area (Å²) in [5.74, 6) is 0. The Bertz CT molecular complexity index is 989. The molecule has 0 atom stereocenters. The first-order chi connectivity index (χ1) is 12.3. The maximum Gasteiger partial charge on any atom is 0.220 e. The van der Waals surface area contributed by atoms with Crippen molar-refractivity contribution in [2.75, 3.05) is 0 Å². The van der Waals surface area contributed by atoms with E-state index in [2.05, 4.69) is 81.9 Å². The van der Waals surface area contributed by atoms with Crippen LogP contribution in [0.4, 0.5) is 0 Å². The molecule has 3 aromatic rings. The molecule has 0 saturated carbocycles. The zero-order valence-corrected chi connectivity index (χ0v) is 16.8. The number of fused-ring (bicyclic) bond motifs is 2. The molecule has 1 aliphatic rings. The van der Waals surface area contributed by atoms with Gasteiger partial charge in [0.25, 0.3) is 0 Å². The molecule has 134 valence electrons. The molecule has 1 heteroatoms. The lowest BCUT2D eigenvalue weighted by Crippen LogP contribution is -2.30. The number of hydrogen-bond donors (Lipinski definition) is 0. The van der Waals surface area contributed by atoms with E-state index in [9.17, 15) is 0 Å². The summed E-state index contributed by atoms with van der Waals surface area (Å²) >= 11 is 0. The van der Waals surface area contributed by atoms with Crippen LogP contribution in [0.5, 0.6) is 0 Å². The van der Waals surface area contributed by atoms with Gasteiger partial charge < -0.3 is 0 Å². The Kier molecular flexibility index (Phi) is 4.14. The van der Waals surface area contributed by atoms with Gasteiger partial charge >= 0.3 is 0 Å². The summed E-state index contributed by atoms with van der Waals surface area (Å²) in [5.41, 5.74) is 8.97. The van der Waals surface area contributed by atoms with Gasteiger partial charge in [0.15, 0.2) is 6.20 Å². The average Bonchev–Trinajstić information content (AvgIpc) is 3.00. The van der Waals surface area contributed by atoms with Crippen molar-refractivity contribution in [2.24, 2.45) is 12.5 Å². The fourth-order valence-electron chi connectivity index (χ4n) is 4.48. The minimum atomic E-state index is 0.312. The number of benzene rings is 2. The maximum atomic E-state index is 2.45. The second-order valence-corrected chi connectivity index (χ2v) is 9.22. The molecule has 1 nitrogen and oxygen atoms in total. The number of aromatic nitrogens is 1. The first-order valence-corrected chi connectivity index (χ1v) is 9.86. The van der Waals surface area contributed by atoms with Gasteiger partial charge in [0.2, 0.25) is 5.69 Å². The normalized spacial score (nSPS) is 14.0. The fourth-order valence-corrected chi connectivity index (χ4v) is 4.48. The van der Waals surface area contributed by atoms with Crippen molar-refractivity contribution in [1.82, 2.24) is 0 Å².